The zero-order chi connectivity index (χ0) is 13.2. The zero-order valence-electron chi connectivity index (χ0n) is 11.0. The fourth-order valence-electron chi connectivity index (χ4n) is 2.69. The summed E-state index contributed by atoms with van der Waals surface area (Å²) in [6.07, 6.45) is 2.20. The molecular formula is C14H18N2O2S. The van der Waals surface area contributed by atoms with Gasteiger partial charge in [0.2, 0.25) is 0 Å². The number of hydrogen-bond acceptors (Lipinski definition) is 3. The maximum Gasteiger partial charge on any atom is 0.178 e. The maximum absolute atomic E-state index is 5.65. The highest BCUT2D eigenvalue weighted by molar-refractivity contribution is 7.71. The number of nitrogens with zero attached hydrogens (tertiary/aromatic N) is 1. The van der Waals surface area contributed by atoms with Crippen LogP contribution in [0.25, 0.3) is 11.0 Å². The predicted octanol–water partition coefficient (Wildman–Crippen LogP) is 3.45. The minimum absolute atomic E-state index is 0.326. The summed E-state index contributed by atoms with van der Waals surface area (Å²) >= 11 is 5.47. The second kappa shape index (κ2) is 5.35. The Labute approximate surface area is 117 Å². The molecule has 5 heteroatoms. The van der Waals surface area contributed by atoms with Gasteiger partial charge in [0.15, 0.2) is 4.77 Å². The van der Waals surface area contributed by atoms with Crippen molar-refractivity contribution in [2.45, 2.75) is 25.8 Å². The molecule has 2 aromatic rings. The Kier molecular flexibility index (Phi) is 3.57. The molecule has 0 spiro atoms. The minimum atomic E-state index is 0.326. The average Bonchev–Trinajstić information content (AvgIpc) is 2.77. The fourth-order valence-corrected chi connectivity index (χ4v) is 3.04. The summed E-state index contributed by atoms with van der Waals surface area (Å²) in [5.74, 6) is 0.863. The molecule has 0 saturated carbocycles. The Morgan fingerprint density at radius 2 is 2.42 bits per heavy atom. The molecule has 2 heterocycles. The Hall–Kier alpha value is -1.33. The number of ether oxygens (including phenoxy) is 2. The van der Waals surface area contributed by atoms with Crippen LogP contribution in [0.4, 0.5) is 0 Å². The Morgan fingerprint density at radius 3 is 3.16 bits per heavy atom. The molecule has 1 saturated heterocycles. The van der Waals surface area contributed by atoms with Crippen LogP contribution in [0.3, 0.4) is 0 Å². The van der Waals surface area contributed by atoms with E-state index in [9.17, 15) is 0 Å². The van der Waals surface area contributed by atoms with E-state index in [4.69, 9.17) is 21.7 Å². The highest BCUT2D eigenvalue weighted by Gasteiger charge is 2.20. The van der Waals surface area contributed by atoms with E-state index in [1.807, 2.05) is 19.1 Å². The lowest BCUT2D eigenvalue weighted by Gasteiger charge is -2.24. The largest absolute Gasteiger partial charge is 0.492 e. The van der Waals surface area contributed by atoms with E-state index in [-0.39, 0.29) is 0 Å². The second-order valence-electron chi connectivity index (χ2n) is 4.75. The van der Waals surface area contributed by atoms with Gasteiger partial charge in [-0.2, -0.15) is 0 Å². The van der Waals surface area contributed by atoms with Gasteiger partial charge in [-0.05, 0) is 44.1 Å². The zero-order valence-corrected chi connectivity index (χ0v) is 11.8. The minimum Gasteiger partial charge on any atom is -0.492 e. The molecule has 1 aromatic heterocycles. The van der Waals surface area contributed by atoms with Crippen LogP contribution in [0, 0.1) is 4.77 Å². The van der Waals surface area contributed by atoms with Crippen LogP contribution in [-0.4, -0.2) is 29.4 Å². The molecular weight excluding hydrogens is 260 g/mol. The van der Waals surface area contributed by atoms with Crippen molar-refractivity contribution < 1.29 is 9.47 Å². The highest BCUT2D eigenvalue weighted by Crippen LogP contribution is 2.30. The Morgan fingerprint density at radius 1 is 1.53 bits per heavy atom. The van der Waals surface area contributed by atoms with Gasteiger partial charge in [-0.3, -0.25) is 0 Å². The lowest BCUT2D eigenvalue weighted by atomic mass is 10.1. The van der Waals surface area contributed by atoms with E-state index in [0.717, 1.165) is 47.6 Å². The number of rotatable bonds is 3. The molecule has 102 valence electrons. The molecule has 0 aliphatic carbocycles. The Bertz CT molecular complexity index is 626. The number of aromatic amines is 1. The van der Waals surface area contributed by atoms with E-state index in [2.05, 4.69) is 15.6 Å². The Balaban J connectivity index is 2.11. The quantitative estimate of drug-likeness (QED) is 0.874. The summed E-state index contributed by atoms with van der Waals surface area (Å²) in [6.45, 7) is 4.23. The normalized spacial score (nSPS) is 19.7. The highest BCUT2D eigenvalue weighted by atomic mass is 32.1. The van der Waals surface area contributed by atoms with E-state index >= 15 is 0 Å². The van der Waals surface area contributed by atoms with E-state index < -0.39 is 0 Å². The number of nitrogens with one attached hydrogen (secondary N) is 1. The molecule has 0 bridgehead atoms. The first-order chi connectivity index (χ1) is 9.31. The molecule has 1 N–H and O–H groups in total. The summed E-state index contributed by atoms with van der Waals surface area (Å²) in [6, 6.07) is 6.39. The molecule has 1 atom stereocenters. The van der Waals surface area contributed by atoms with E-state index in [0.29, 0.717) is 12.6 Å². The predicted molar refractivity (Wildman–Crippen MR) is 77.4 cm³/mol. The van der Waals surface area contributed by atoms with Crippen LogP contribution >= 0.6 is 12.2 Å². The standard InChI is InChI=1S/C14H18N2O2S/c1-2-18-12-7-3-6-11-13(12)15-14(19)16(11)10-5-4-8-17-9-10/h3,6-7,10H,2,4-5,8-9H2,1H3,(H,15,19). The summed E-state index contributed by atoms with van der Waals surface area (Å²) in [5.41, 5.74) is 2.09. The van der Waals surface area contributed by atoms with E-state index in [1.54, 1.807) is 0 Å². The van der Waals surface area contributed by atoms with Gasteiger partial charge in [0.25, 0.3) is 0 Å². The van der Waals surface area contributed by atoms with Crippen LogP contribution < -0.4 is 4.74 Å². The number of fused-ring (bicyclic) bond motifs is 1. The fraction of sp³-hybridized carbons (Fsp3) is 0.500. The van der Waals surface area contributed by atoms with Gasteiger partial charge >= 0.3 is 0 Å². The SMILES string of the molecule is CCOc1cccc2c1[nH]c(=S)n2C1CCCOC1. The van der Waals surface area contributed by atoms with Crippen molar-refractivity contribution in [3.63, 3.8) is 0 Å². The van der Waals surface area contributed by atoms with Gasteiger partial charge in [-0.1, -0.05) is 6.07 Å². The smallest absolute Gasteiger partial charge is 0.178 e. The summed E-state index contributed by atoms with van der Waals surface area (Å²) in [7, 11) is 0. The molecule has 0 radical (unpaired) electrons. The van der Waals surface area contributed by atoms with Crippen LogP contribution in [0.5, 0.6) is 5.75 Å². The first-order valence-corrected chi connectivity index (χ1v) is 7.16. The maximum atomic E-state index is 5.65. The van der Waals surface area contributed by atoms with Crippen molar-refractivity contribution in [1.82, 2.24) is 9.55 Å². The molecule has 1 aliphatic rings. The van der Waals surface area contributed by atoms with Crippen molar-refractivity contribution in [2.24, 2.45) is 0 Å². The number of imidazole rings is 1. The number of para-hydroxylation sites is 1. The van der Waals surface area contributed by atoms with Crippen molar-refractivity contribution >= 4 is 23.3 Å². The van der Waals surface area contributed by atoms with Crippen LogP contribution in [-0.2, 0) is 4.74 Å². The molecule has 3 rings (SSSR count). The molecule has 1 aromatic carbocycles. The van der Waals surface area contributed by atoms with Crippen molar-refractivity contribution in [3.05, 3.63) is 23.0 Å². The number of H-pyrrole nitrogens is 1. The van der Waals surface area contributed by atoms with Crippen LogP contribution in [0.2, 0.25) is 0 Å². The molecule has 19 heavy (non-hydrogen) atoms. The third-order valence-corrected chi connectivity index (χ3v) is 3.81. The third kappa shape index (κ3) is 2.28. The van der Waals surface area contributed by atoms with Crippen molar-refractivity contribution in [3.8, 4) is 5.75 Å². The number of hydrogen-bond donors (Lipinski definition) is 1. The van der Waals surface area contributed by atoms with Crippen molar-refractivity contribution in [1.29, 1.82) is 0 Å². The lowest BCUT2D eigenvalue weighted by molar-refractivity contribution is 0.0600. The van der Waals surface area contributed by atoms with Gasteiger partial charge in [-0.25, -0.2) is 0 Å². The summed E-state index contributed by atoms with van der Waals surface area (Å²) < 4.78 is 14.1. The van der Waals surface area contributed by atoms with Crippen LogP contribution in [0.15, 0.2) is 18.2 Å². The molecule has 4 nitrogen and oxygen atoms in total. The van der Waals surface area contributed by atoms with Gasteiger partial charge in [0.1, 0.15) is 11.3 Å². The van der Waals surface area contributed by atoms with Gasteiger partial charge in [0.05, 0.1) is 24.8 Å². The monoisotopic (exact) mass is 278 g/mol. The van der Waals surface area contributed by atoms with Gasteiger partial charge in [-0.15, -0.1) is 0 Å². The second-order valence-corrected chi connectivity index (χ2v) is 5.14. The first-order valence-electron chi connectivity index (χ1n) is 6.75. The van der Waals surface area contributed by atoms with Crippen molar-refractivity contribution in [2.75, 3.05) is 19.8 Å². The third-order valence-electron chi connectivity index (χ3n) is 3.52. The van der Waals surface area contributed by atoms with Gasteiger partial charge < -0.3 is 19.0 Å². The summed E-state index contributed by atoms with van der Waals surface area (Å²) in [4.78, 5) is 3.27. The lowest BCUT2D eigenvalue weighted by Crippen LogP contribution is -2.21. The molecule has 1 aliphatic heterocycles. The molecule has 1 fully saturated rings. The van der Waals surface area contributed by atoms with Crippen LogP contribution in [0.1, 0.15) is 25.8 Å². The van der Waals surface area contributed by atoms with E-state index in [1.165, 1.54) is 0 Å². The topological polar surface area (TPSA) is 39.2 Å². The average molecular weight is 278 g/mol. The first kappa shape index (κ1) is 12.7. The number of benzene rings is 1. The van der Waals surface area contributed by atoms with Gasteiger partial charge in [0, 0.05) is 6.61 Å². The summed E-state index contributed by atoms with van der Waals surface area (Å²) in [5, 5.41) is 0. The molecule has 0 amide bonds. The molecule has 1 unspecified atom stereocenters. The number of aromatic nitrogens is 2.